The minimum Gasteiger partial charge on any atom is -0.352 e. The Hall–Kier alpha value is -3.75. The van der Waals surface area contributed by atoms with E-state index < -0.39 is 10.0 Å². The number of aryl methyl sites for hydroxylation is 1. The Balaban J connectivity index is 1.25. The van der Waals surface area contributed by atoms with Gasteiger partial charge in [0.15, 0.2) is 5.78 Å². The molecule has 180 valence electrons. The van der Waals surface area contributed by atoms with Gasteiger partial charge in [0.2, 0.25) is 10.0 Å². The first-order valence-electron chi connectivity index (χ1n) is 11.4. The maximum Gasteiger partial charge on any atom is 0.251 e. The van der Waals surface area contributed by atoms with E-state index in [4.69, 9.17) is 0 Å². The topological polar surface area (TPSA) is 97.3 Å². The van der Waals surface area contributed by atoms with Gasteiger partial charge in [-0.25, -0.2) is 13.1 Å². The van der Waals surface area contributed by atoms with Gasteiger partial charge in [-0.3, -0.25) is 9.59 Å². The van der Waals surface area contributed by atoms with Crippen LogP contribution in [0.5, 0.6) is 0 Å². The molecule has 4 rings (SSSR count). The number of carbonyl (C=O) groups is 2. The minimum atomic E-state index is -3.72. The van der Waals surface area contributed by atoms with Crippen LogP contribution in [0, 0.1) is 0 Å². The van der Waals surface area contributed by atoms with Crippen molar-refractivity contribution in [2.24, 2.45) is 0 Å². The molecular weight excluding hydrogens is 462 g/mol. The molecule has 0 fully saturated rings. The molecule has 3 aromatic carbocycles. The zero-order valence-electron chi connectivity index (χ0n) is 19.4. The fourth-order valence-corrected chi connectivity index (χ4v) is 4.81. The highest BCUT2D eigenvalue weighted by molar-refractivity contribution is 7.89. The van der Waals surface area contributed by atoms with Crippen LogP contribution in [-0.4, -0.2) is 31.2 Å². The predicted octanol–water partition coefficient (Wildman–Crippen LogP) is 4.14. The van der Waals surface area contributed by atoms with E-state index >= 15 is 0 Å². The average molecular weight is 490 g/mol. The van der Waals surface area contributed by atoms with Gasteiger partial charge in [0.05, 0.1) is 4.90 Å². The SMILES string of the molecule is CC(=O)c1ccc(S(=O)(=O)NCc2ccc(C(=O)NCCCn3ccc4ccccc43)cc2)cc1. The summed E-state index contributed by atoms with van der Waals surface area (Å²) < 4.78 is 29.7. The van der Waals surface area contributed by atoms with Gasteiger partial charge in [0, 0.05) is 42.5 Å². The maximum atomic E-state index is 12.5. The monoisotopic (exact) mass is 489 g/mol. The van der Waals surface area contributed by atoms with Crippen molar-refractivity contribution in [3.63, 3.8) is 0 Å². The molecule has 0 aliphatic carbocycles. The highest BCUT2D eigenvalue weighted by atomic mass is 32.2. The lowest BCUT2D eigenvalue weighted by Crippen LogP contribution is -2.25. The number of sulfonamides is 1. The quantitative estimate of drug-likeness (QED) is 0.258. The molecule has 0 saturated carbocycles. The van der Waals surface area contributed by atoms with E-state index in [9.17, 15) is 18.0 Å². The number of aromatic nitrogens is 1. The summed E-state index contributed by atoms with van der Waals surface area (Å²) in [6.07, 6.45) is 2.86. The van der Waals surface area contributed by atoms with E-state index in [-0.39, 0.29) is 23.1 Å². The predicted molar refractivity (Wildman–Crippen MR) is 136 cm³/mol. The van der Waals surface area contributed by atoms with E-state index in [0.717, 1.165) is 18.5 Å². The van der Waals surface area contributed by atoms with Crippen LogP contribution < -0.4 is 10.0 Å². The van der Waals surface area contributed by atoms with Gasteiger partial charge >= 0.3 is 0 Å². The Morgan fingerprint density at radius 1 is 0.857 bits per heavy atom. The van der Waals surface area contributed by atoms with Crippen molar-refractivity contribution in [1.29, 1.82) is 0 Å². The molecule has 0 bridgehead atoms. The molecule has 0 spiro atoms. The van der Waals surface area contributed by atoms with Crippen LogP contribution in [-0.2, 0) is 23.1 Å². The van der Waals surface area contributed by atoms with Crippen LogP contribution in [0.4, 0.5) is 0 Å². The van der Waals surface area contributed by atoms with E-state index in [1.54, 1.807) is 24.3 Å². The standard InChI is InChI=1S/C27H27N3O4S/c1-20(31)22-11-13-25(14-12-22)35(33,34)29-19-21-7-9-24(10-8-21)27(32)28-16-4-17-30-18-15-23-5-2-3-6-26(23)30/h2-3,5-15,18,29H,4,16-17,19H2,1H3,(H,28,32). The second-order valence-electron chi connectivity index (χ2n) is 8.28. The molecule has 0 radical (unpaired) electrons. The van der Waals surface area contributed by atoms with E-state index in [0.29, 0.717) is 17.7 Å². The highest BCUT2D eigenvalue weighted by Crippen LogP contribution is 2.15. The van der Waals surface area contributed by atoms with Crippen molar-refractivity contribution >= 4 is 32.6 Å². The van der Waals surface area contributed by atoms with E-state index in [1.807, 2.05) is 12.1 Å². The summed E-state index contributed by atoms with van der Waals surface area (Å²) in [5.74, 6) is -0.291. The molecule has 0 aliphatic heterocycles. The number of carbonyl (C=O) groups excluding carboxylic acids is 2. The van der Waals surface area contributed by atoms with Gasteiger partial charge in [0.25, 0.3) is 5.91 Å². The van der Waals surface area contributed by atoms with Gasteiger partial charge in [-0.15, -0.1) is 0 Å². The number of hydrogen-bond donors (Lipinski definition) is 2. The fraction of sp³-hybridized carbons (Fsp3) is 0.185. The molecule has 1 aromatic heterocycles. The summed E-state index contributed by atoms with van der Waals surface area (Å²) in [5.41, 5.74) is 2.88. The molecule has 2 N–H and O–H groups in total. The normalized spacial score (nSPS) is 11.5. The Kier molecular flexibility index (Phi) is 7.43. The first-order valence-corrected chi connectivity index (χ1v) is 12.8. The smallest absolute Gasteiger partial charge is 0.251 e. The summed E-state index contributed by atoms with van der Waals surface area (Å²) in [4.78, 5) is 23.9. The minimum absolute atomic E-state index is 0.0868. The molecule has 35 heavy (non-hydrogen) atoms. The van der Waals surface area contributed by atoms with Crippen LogP contribution in [0.2, 0.25) is 0 Å². The van der Waals surface area contributed by atoms with Gasteiger partial charge in [0.1, 0.15) is 0 Å². The van der Waals surface area contributed by atoms with Crippen molar-refractivity contribution in [1.82, 2.24) is 14.6 Å². The first-order chi connectivity index (χ1) is 16.8. The zero-order chi connectivity index (χ0) is 24.8. The van der Waals surface area contributed by atoms with Crippen LogP contribution in [0.25, 0.3) is 10.9 Å². The Labute approximate surface area is 204 Å². The molecule has 0 saturated heterocycles. The summed E-state index contributed by atoms with van der Waals surface area (Å²) in [6, 6.07) is 22.9. The second kappa shape index (κ2) is 10.7. The molecular formula is C27H27N3O4S. The lowest BCUT2D eigenvalue weighted by molar-refractivity contribution is 0.0951. The molecule has 7 nitrogen and oxygen atoms in total. The van der Waals surface area contributed by atoms with E-state index in [2.05, 4.69) is 39.0 Å². The van der Waals surface area contributed by atoms with Crippen LogP contribution >= 0.6 is 0 Å². The number of hydrogen-bond acceptors (Lipinski definition) is 4. The Morgan fingerprint density at radius 2 is 1.54 bits per heavy atom. The number of nitrogens with zero attached hydrogens (tertiary/aromatic N) is 1. The lowest BCUT2D eigenvalue weighted by atomic mass is 10.1. The summed E-state index contributed by atoms with van der Waals surface area (Å²) in [6.45, 7) is 2.88. The summed E-state index contributed by atoms with van der Waals surface area (Å²) in [5, 5.41) is 4.13. The van der Waals surface area contributed by atoms with Gasteiger partial charge in [-0.1, -0.05) is 42.5 Å². The third-order valence-corrected chi connectivity index (χ3v) is 7.21. The molecule has 1 heterocycles. The molecule has 0 atom stereocenters. The van der Waals surface area contributed by atoms with E-state index in [1.165, 1.54) is 42.1 Å². The summed E-state index contributed by atoms with van der Waals surface area (Å²) in [7, 11) is -3.72. The van der Waals surface area contributed by atoms with Gasteiger partial charge in [-0.2, -0.15) is 0 Å². The van der Waals surface area contributed by atoms with Gasteiger partial charge in [-0.05, 0) is 60.7 Å². The Bertz CT molecular complexity index is 1440. The highest BCUT2D eigenvalue weighted by Gasteiger charge is 2.14. The number of para-hydroxylation sites is 1. The molecule has 0 unspecified atom stereocenters. The maximum absolute atomic E-state index is 12.5. The molecule has 0 aliphatic rings. The van der Waals surface area contributed by atoms with Crippen LogP contribution in [0.1, 0.15) is 39.6 Å². The van der Waals surface area contributed by atoms with Gasteiger partial charge < -0.3 is 9.88 Å². The second-order valence-corrected chi connectivity index (χ2v) is 10.0. The lowest BCUT2D eigenvalue weighted by Gasteiger charge is -2.09. The number of fused-ring (bicyclic) bond motifs is 1. The average Bonchev–Trinajstić information content (AvgIpc) is 3.29. The van der Waals surface area contributed by atoms with Crippen molar-refractivity contribution in [3.8, 4) is 0 Å². The number of nitrogens with one attached hydrogen (secondary N) is 2. The molecule has 4 aromatic rings. The van der Waals surface area contributed by atoms with Crippen molar-refractivity contribution in [3.05, 3.63) is 102 Å². The fourth-order valence-electron chi connectivity index (χ4n) is 3.79. The van der Waals surface area contributed by atoms with Crippen molar-refractivity contribution in [2.75, 3.05) is 6.54 Å². The number of ketones is 1. The summed E-state index contributed by atoms with van der Waals surface area (Å²) >= 11 is 0. The number of amides is 1. The Morgan fingerprint density at radius 3 is 2.26 bits per heavy atom. The zero-order valence-corrected chi connectivity index (χ0v) is 20.2. The number of rotatable bonds is 10. The molecule has 1 amide bonds. The number of Topliss-reactive ketones (excluding diaryl/α,β-unsaturated/α-hetero) is 1. The van der Waals surface area contributed by atoms with Crippen molar-refractivity contribution < 1.29 is 18.0 Å². The first kappa shape index (κ1) is 24.4. The van der Waals surface area contributed by atoms with Crippen LogP contribution in [0.15, 0.2) is 90.0 Å². The third-order valence-electron chi connectivity index (χ3n) is 5.80. The van der Waals surface area contributed by atoms with Crippen LogP contribution in [0.3, 0.4) is 0 Å². The third kappa shape index (κ3) is 6.03. The largest absolute Gasteiger partial charge is 0.352 e. The molecule has 8 heteroatoms. The number of benzene rings is 3. The van der Waals surface area contributed by atoms with Crippen molar-refractivity contribution in [2.45, 2.75) is 31.3 Å².